The molecule has 0 radical (unpaired) electrons. The first kappa shape index (κ1) is 8.89. The summed E-state index contributed by atoms with van der Waals surface area (Å²) in [6, 6.07) is 0. The standard InChI is InChI=1S/C9H13N/c1-4-6-9(2)7-5-8-10-3/h4-8H,2H2,1,3H3/b6-4-,7-5-,10-8-. The summed E-state index contributed by atoms with van der Waals surface area (Å²) >= 11 is 0. The maximum absolute atomic E-state index is 3.79. The second kappa shape index (κ2) is 6.02. The number of aliphatic imine (C=N–C) groups is 1. The Morgan fingerprint density at radius 2 is 2.10 bits per heavy atom. The summed E-state index contributed by atoms with van der Waals surface area (Å²) in [5.41, 5.74) is 0.988. The summed E-state index contributed by atoms with van der Waals surface area (Å²) in [6.07, 6.45) is 9.40. The van der Waals surface area contributed by atoms with Gasteiger partial charge in [0.2, 0.25) is 0 Å². The van der Waals surface area contributed by atoms with E-state index in [-0.39, 0.29) is 0 Å². The minimum atomic E-state index is 0.988. The van der Waals surface area contributed by atoms with Crippen LogP contribution in [0.2, 0.25) is 0 Å². The van der Waals surface area contributed by atoms with E-state index in [1.165, 1.54) is 0 Å². The maximum atomic E-state index is 3.79. The fourth-order valence-electron chi connectivity index (χ4n) is 0.522. The van der Waals surface area contributed by atoms with E-state index in [9.17, 15) is 0 Å². The number of hydrogen-bond acceptors (Lipinski definition) is 1. The molecule has 0 heterocycles. The largest absolute Gasteiger partial charge is 0.297 e. The molecular weight excluding hydrogens is 122 g/mol. The number of hydrogen-bond donors (Lipinski definition) is 0. The van der Waals surface area contributed by atoms with Gasteiger partial charge in [-0.2, -0.15) is 0 Å². The quantitative estimate of drug-likeness (QED) is 0.416. The van der Waals surface area contributed by atoms with Crippen LogP contribution in [0.15, 0.2) is 41.4 Å². The van der Waals surface area contributed by atoms with Gasteiger partial charge in [-0.05, 0) is 18.6 Å². The Morgan fingerprint density at radius 3 is 2.60 bits per heavy atom. The third-order valence-corrected chi connectivity index (χ3v) is 0.926. The average molecular weight is 135 g/mol. The third-order valence-electron chi connectivity index (χ3n) is 0.926. The Balaban J connectivity index is 3.78. The van der Waals surface area contributed by atoms with Crippen LogP contribution in [0.1, 0.15) is 6.92 Å². The van der Waals surface area contributed by atoms with E-state index in [1.807, 2.05) is 31.2 Å². The van der Waals surface area contributed by atoms with Gasteiger partial charge in [0.25, 0.3) is 0 Å². The van der Waals surface area contributed by atoms with Crippen molar-refractivity contribution in [2.45, 2.75) is 6.92 Å². The van der Waals surface area contributed by atoms with Crippen LogP contribution in [0.5, 0.6) is 0 Å². The number of nitrogens with zero attached hydrogens (tertiary/aromatic N) is 1. The van der Waals surface area contributed by atoms with Gasteiger partial charge < -0.3 is 0 Å². The molecule has 54 valence electrons. The van der Waals surface area contributed by atoms with Crippen LogP contribution >= 0.6 is 0 Å². The molecule has 0 fully saturated rings. The van der Waals surface area contributed by atoms with E-state index >= 15 is 0 Å². The molecule has 0 saturated heterocycles. The van der Waals surface area contributed by atoms with Crippen LogP contribution in [0.3, 0.4) is 0 Å². The SMILES string of the molecule is C=C(/C=C\C)/C=C\C=N/C. The molecule has 0 bridgehead atoms. The Labute approximate surface area is 62.5 Å². The van der Waals surface area contributed by atoms with Gasteiger partial charge in [0.15, 0.2) is 0 Å². The van der Waals surface area contributed by atoms with Crippen LogP contribution in [0.25, 0.3) is 0 Å². The lowest BCUT2D eigenvalue weighted by molar-refractivity contribution is 1.47. The first-order chi connectivity index (χ1) is 4.81. The van der Waals surface area contributed by atoms with Crippen molar-refractivity contribution in [3.05, 3.63) is 36.5 Å². The Morgan fingerprint density at radius 1 is 1.40 bits per heavy atom. The van der Waals surface area contributed by atoms with Gasteiger partial charge in [0.1, 0.15) is 0 Å². The van der Waals surface area contributed by atoms with Crippen molar-refractivity contribution < 1.29 is 0 Å². The summed E-state index contributed by atoms with van der Waals surface area (Å²) in [7, 11) is 1.74. The summed E-state index contributed by atoms with van der Waals surface area (Å²) in [5, 5.41) is 0. The summed E-state index contributed by atoms with van der Waals surface area (Å²) in [6.45, 7) is 5.75. The van der Waals surface area contributed by atoms with Crippen molar-refractivity contribution in [1.29, 1.82) is 0 Å². The summed E-state index contributed by atoms with van der Waals surface area (Å²) in [4.78, 5) is 3.79. The number of allylic oxidation sites excluding steroid dienone is 5. The van der Waals surface area contributed by atoms with Crippen molar-refractivity contribution in [1.82, 2.24) is 0 Å². The molecule has 0 aliphatic heterocycles. The monoisotopic (exact) mass is 135 g/mol. The van der Waals surface area contributed by atoms with Gasteiger partial charge in [-0.3, -0.25) is 4.99 Å². The van der Waals surface area contributed by atoms with Crippen LogP contribution in [-0.4, -0.2) is 13.3 Å². The van der Waals surface area contributed by atoms with Gasteiger partial charge in [-0.25, -0.2) is 0 Å². The van der Waals surface area contributed by atoms with E-state index in [0.717, 1.165) is 5.57 Å². The Bertz CT molecular complexity index is 173. The van der Waals surface area contributed by atoms with E-state index in [2.05, 4.69) is 11.6 Å². The molecule has 0 N–H and O–H groups in total. The molecule has 1 nitrogen and oxygen atoms in total. The second-order valence-corrected chi connectivity index (χ2v) is 1.84. The Kier molecular flexibility index (Phi) is 5.35. The molecule has 0 aromatic rings. The van der Waals surface area contributed by atoms with Crippen LogP contribution < -0.4 is 0 Å². The number of rotatable bonds is 3. The van der Waals surface area contributed by atoms with Crippen LogP contribution in [0.4, 0.5) is 0 Å². The van der Waals surface area contributed by atoms with Crippen LogP contribution in [-0.2, 0) is 0 Å². The van der Waals surface area contributed by atoms with Crippen molar-refractivity contribution in [3.63, 3.8) is 0 Å². The highest BCUT2D eigenvalue weighted by Gasteiger charge is 1.73. The van der Waals surface area contributed by atoms with Gasteiger partial charge >= 0.3 is 0 Å². The smallest absolute Gasteiger partial charge is 0.0277 e. The molecule has 10 heavy (non-hydrogen) atoms. The molecule has 0 aliphatic rings. The molecule has 0 aliphatic carbocycles. The zero-order chi connectivity index (χ0) is 7.82. The maximum Gasteiger partial charge on any atom is 0.0277 e. The van der Waals surface area contributed by atoms with E-state index in [1.54, 1.807) is 13.3 Å². The molecule has 0 aromatic carbocycles. The predicted octanol–water partition coefficient (Wildman–Crippen LogP) is 2.38. The zero-order valence-electron chi connectivity index (χ0n) is 6.54. The summed E-state index contributed by atoms with van der Waals surface area (Å²) in [5.74, 6) is 0. The molecule has 0 amide bonds. The topological polar surface area (TPSA) is 12.4 Å². The van der Waals surface area contributed by atoms with Crippen molar-refractivity contribution in [3.8, 4) is 0 Å². The highest BCUT2D eigenvalue weighted by Crippen LogP contribution is 1.92. The van der Waals surface area contributed by atoms with E-state index < -0.39 is 0 Å². The zero-order valence-corrected chi connectivity index (χ0v) is 6.54. The lowest BCUT2D eigenvalue weighted by Crippen LogP contribution is -1.67. The minimum absolute atomic E-state index is 0.988. The van der Waals surface area contributed by atoms with E-state index in [4.69, 9.17) is 0 Å². The van der Waals surface area contributed by atoms with Crippen molar-refractivity contribution in [2.75, 3.05) is 7.05 Å². The molecule has 1 heteroatoms. The molecule has 0 unspecified atom stereocenters. The molecule has 0 spiro atoms. The highest BCUT2D eigenvalue weighted by molar-refractivity contribution is 5.71. The lowest BCUT2D eigenvalue weighted by atomic mass is 10.2. The van der Waals surface area contributed by atoms with Gasteiger partial charge in [-0.1, -0.05) is 24.8 Å². The van der Waals surface area contributed by atoms with Gasteiger partial charge in [0.05, 0.1) is 0 Å². The average Bonchev–Trinajstić information content (AvgIpc) is 1.89. The fraction of sp³-hybridized carbons (Fsp3) is 0.222. The molecule has 0 rings (SSSR count). The third kappa shape index (κ3) is 5.04. The van der Waals surface area contributed by atoms with Crippen LogP contribution in [0, 0.1) is 0 Å². The molecular formula is C9H13N. The Hall–Kier alpha value is -1.11. The highest BCUT2D eigenvalue weighted by atomic mass is 14.6. The fourth-order valence-corrected chi connectivity index (χ4v) is 0.522. The second-order valence-electron chi connectivity index (χ2n) is 1.84. The van der Waals surface area contributed by atoms with Gasteiger partial charge in [-0.15, -0.1) is 0 Å². The first-order valence-electron chi connectivity index (χ1n) is 3.21. The van der Waals surface area contributed by atoms with Crippen molar-refractivity contribution in [2.24, 2.45) is 4.99 Å². The molecule has 0 aromatic heterocycles. The predicted molar refractivity (Wildman–Crippen MR) is 47.5 cm³/mol. The molecule has 0 saturated carbocycles. The van der Waals surface area contributed by atoms with Gasteiger partial charge in [0, 0.05) is 13.3 Å². The van der Waals surface area contributed by atoms with E-state index in [0.29, 0.717) is 0 Å². The lowest BCUT2D eigenvalue weighted by Gasteiger charge is -1.83. The van der Waals surface area contributed by atoms with Crippen molar-refractivity contribution >= 4 is 6.21 Å². The summed E-state index contributed by atoms with van der Waals surface area (Å²) < 4.78 is 0. The normalized spacial score (nSPS) is 12.2. The minimum Gasteiger partial charge on any atom is -0.297 e. The first-order valence-corrected chi connectivity index (χ1v) is 3.21. The molecule has 0 atom stereocenters.